The molecule has 0 saturated heterocycles. The molecule has 134 valence electrons. The molecular formula is C21H28N2O2. The second kappa shape index (κ2) is 7.03. The van der Waals surface area contributed by atoms with E-state index in [0.29, 0.717) is 11.3 Å². The zero-order valence-electron chi connectivity index (χ0n) is 15.6. The molecule has 2 aromatic rings. The Bertz CT molecular complexity index is 756. The lowest BCUT2D eigenvalue weighted by Crippen LogP contribution is -2.31. The van der Waals surface area contributed by atoms with E-state index in [0.717, 1.165) is 48.0 Å². The largest absolute Gasteiger partial charge is 0.497 e. The Balaban J connectivity index is 1.64. The fourth-order valence-corrected chi connectivity index (χ4v) is 3.76. The van der Waals surface area contributed by atoms with Crippen molar-refractivity contribution in [3.8, 4) is 5.75 Å². The minimum absolute atomic E-state index is 0.116. The van der Waals surface area contributed by atoms with Gasteiger partial charge in [-0.25, -0.2) is 0 Å². The van der Waals surface area contributed by atoms with E-state index < -0.39 is 0 Å². The summed E-state index contributed by atoms with van der Waals surface area (Å²) >= 11 is 0. The third-order valence-corrected chi connectivity index (χ3v) is 5.48. The molecule has 1 aromatic carbocycles. The van der Waals surface area contributed by atoms with Crippen LogP contribution in [0.25, 0.3) is 10.9 Å². The van der Waals surface area contributed by atoms with Crippen LogP contribution in [0.3, 0.4) is 0 Å². The number of aromatic nitrogens is 1. The van der Waals surface area contributed by atoms with Gasteiger partial charge in [0.05, 0.1) is 24.5 Å². The number of ether oxygens (including phenoxy) is 1. The molecule has 0 radical (unpaired) electrons. The van der Waals surface area contributed by atoms with Gasteiger partial charge in [0.2, 0.25) is 5.91 Å². The monoisotopic (exact) mass is 340 g/mol. The standard InChI is InChI=1S/C21H28N2O2/c1-21(2,3)16-8-5-14(6-9-16)20(24)23-17-11-15-7-10-18(25-4)12-19(15)22-13-17/h7,10-14,16H,5-6,8-9H2,1-4H3,(H,23,24). The van der Waals surface area contributed by atoms with Crippen molar-refractivity contribution in [2.24, 2.45) is 17.3 Å². The number of hydrogen-bond acceptors (Lipinski definition) is 3. The number of carbonyl (C=O) groups excluding carboxylic acids is 1. The molecule has 1 amide bonds. The number of fused-ring (bicyclic) bond motifs is 1. The number of rotatable bonds is 3. The van der Waals surface area contributed by atoms with Crippen LogP contribution in [0, 0.1) is 17.3 Å². The van der Waals surface area contributed by atoms with Crippen LogP contribution in [0.2, 0.25) is 0 Å². The highest BCUT2D eigenvalue weighted by Crippen LogP contribution is 2.40. The van der Waals surface area contributed by atoms with Gasteiger partial charge in [-0.3, -0.25) is 9.78 Å². The maximum atomic E-state index is 12.6. The van der Waals surface area contributed by atoms with Gasteiger partial charge in [-0.2, -0.15) is 0 Å². The number of pyridine rings is 1. The summed E-state index contributed by atoms with van der Waals surface area (Å²) in [6.07, 6.45) is 5.95. The lowest BCUT2D eigenvalue weighted by Gasteiger charge is -2.36. The van der Waals surface area contributed by atoms with Crippen molar-refractivity contribution in [2.75, 3.05) is 12.4 Å². The van der Waals surface area contributed by atoms with E-state index in [1.807, 2.05) is 24.3 Å². The summed E-state index contributed by atoms with van der Waals surface area (Å²) in [6, 6.07) is 7.74. The molecule has 0 aliphatic heterocycles. The van der Waals surface area contributed by atoms with Gasteiger partial charge in [-0.1, -0.05) is 20.8 Å². The van der Waals surface area contributed by atoms with Crippen LogP contribution < -0.4 is 10.1 Å². The van der Waals surface area contributed by atoms with E-state index in [9.17, 15) is 4.79 Å². The third-order valence-electron chi connectivity index (χ3n) is 5.48. The molecular weight excluding hydrogens is 312 g/mol. The first-order valence-corrected chi connectivity index (χ1v) is 9.11. The van der Waals surface area contributed by atoms with Crippen molar-refractivity contribution in [1.82, 2.24) is 4.98 Å². The van der Waals surface area contributed by atoms with E-state index in [-0.39, 0.29) is 11.8 Å². The second-order valence-electron chi connectivity index (χ2n) is 8.19. The van der Waals surface area contributed by atoms with Crippen LogP contribution in [0.4, 0.5) is 5.69 Å². The maximum absolute atomic E-state index is 12.6. The second-order valence-corrected chi connectivity index (χ2v) is 8.19. The van der Waals surface area contributed by atoms with Gasteiger partial charge in [0.1, 0.15) is 5.75 Å². The van der Waals surface area contributed by atoms with Gasteiger partial charge in [-0.05, 0) is 55.2 Å². The van der Waals surface area contributed by atoms with Gasteiger partial charge in [0.25, 0.3) is 0 Å². The number of nitrogens with zero attached hydrogens (tertiary/aromatic N) is 1. The summed E-state index contributed by atoms with van der Waals surface area (Å²) in [4.78, 5) is 17.0. The van der Waals surface area contributed by atoms with Gasteiger partial charge in [-0.15, -0.1) is 0 Å². The number of nitrogens with one attached hydrogen (secondary N) is 1. The summed E-state index contributed by atoms with van der Waals surface area (Å²) in [5, 5.41) is 4.05. The van der Waals surface area contributed by atoms with Crippen molar-refractivity contribution < 1.29 is 9.53 Å². The quantitative estimate of drug-likeness (QED) is 0.852. The topological polar surface area (TPSA) is 51.2 Å². The molecule has 0 spiro atoms. The van der Waals surface area contributed by atoms with Crippen molar-refractivity contribution >= 4 is 22.5 Å². The molecule has 0 atom stereocenters. The van der Waals surface area contributed by atoms with E-state index in [1.54, 1.807) is 13.3 Å². The first-order chi connectivity index (χ1) is 11.9. The lowest BCUT2D eigenvalue weighted by molar-refractivity contribution is -0.121. The molecule has 4 heteroatoms. The molecule has 1 aliphatic carbocycles. The zero-order valence-corrected chi connectivity index (χ0v) is 15.6. The molecule has 1 heterocycles. The molecule has 1 N–H and O–H groups in total. The number of hydrogen-bond donors (Lipinski definition) is 1. The number of amides is 1. The number of benzene rings is 1. The van der Waals surface area contributed by atoms with Crippen LogP contribution in [0.5, 0.6) is 5.75 Å². The normalized spacial score (nSPS) is 21.1. The molecule has 1 aliphatic rings. The Kier molecular flexibility index (Phi) is 4.98. The Morgan fingerprint density at radius 3 is 2.52 bits per heavy atom. The molecule has 25 heavy (non-hydrogen) atoms. The van der Waals surface area contributed by atoms with Gasteiger partial charge in [0, 0.05) is 17.4 Å². The van der Waals surface area contributed by atoms with E-state index in [4.69, 9.17) is 4.74 Å². The molecule has 1 saturated carbocycles. The van der Waals surface area contributed by atoms with Crippen LogP contribution >= 0.6 is 0 Å². The Morgan fingerprint density at radius 1 is 1.16 bits per heavy atom. The highest BCUT2D eigenvalue weighted by atomic mass is 16.5. The maximum Gasteiger partial charge on any atom is 0.227 e. The van der Waals surface area contributed by atoms with Crippen LogP contribution in [-0.2, 0) is 4.79 Å². The van der Waals surface area contributed by atoms with Crippen molar-refractivity contribution in [3.63, 3.8) is 0 Å². The number of anilines is 1. The van der Waals surface area contributed by atoms with Crippen LogP contribution in [0.15, 0.2) is 30.5 Å². The van der Waals surface area contributed by atoms with Gasteiger partial charge >= 0.3 is 0 Å². The highest BCUT2D eigenvalue weighted by molar-refractivity contribution is 5.94. The van der Waals surface area contributed by atoms with E-state index in [2.05, 4.69) is 31.1 Å². The first kappa shape index (κ1) is 17.7. The van der Waals surface area contributed by atoms with Crippen molar-refractivity contribution in [2.45, 2.75) is 46.5 Å². The van der Waals surface area contributed by atoms with Crippen LogP contribution in [0.1, 0.15) is 46.5 Å². The smallest absolute Gasteiger partial charge is 0.227 e. The summed E-state index contributed by atoms with van der Waals surface area (Å²) in [6.45, 7) is 6.90. The summed E-state index contributed by atoms with van der Waals surface area (Å²) < 4.78 is 5.22. The minimum Gasteiger partial charge on any atom is -0.497 e. The van der Waals surface area contributed by atoms with Crippen molar-refractivity contribution in [1.29, 1.82) is 0 Å². The van der Waals surface area contributed by atoms with Crippen molar-refractivity contribution in [3.05, 3.63) is 30.5 Å². The Morgan fingerprint density at radius 2 is 1.88 bits per heavy atom. The number of methoxy groups -OCH3 is 1. The minimum atomic E-state index is 0.116. The average molecular weight is 340 g/mol. The van der Waals surface area contributed by atoms with Crippen LogP contribution in [-0.4, -0.2) is 18.0 Å². The predicted molar refractivity (Wildman–Crippen MR) is 102 cm³/mol. The third kappa shape index (κ3) is 4.12. The number of carbonyl (C=O) groups is 1. The SMILES string of the molecule is COc1ccc2cc(NC(=O)C3CCC(C(C)(C)C)CC3)cnc2c1. The molecule has 3 rings (SSSR count). The van der Waals surface area contributed by atoms with E-state index in [1.165, 1.54) is 0 Å². The Hall–Kier alpha value is -2.10. The predicted octanol–water partition coefficient (Wildman–Crippen LogP) is 5.03. The average Bonchev–Trinajstić information content (AvgIpc) is 2.60. The first-order valence-electron chi connectivity index (χ1n) is 9.11. The fourth-order valence-electron chi connectivity index (χ4n) is 3.76. The molecule has 1 aromatic heterocycles. The lowest BCUT2D eigenvalue weighted by atomic mass is 9.69. The summed E-state index contributed by atoms with van der Waals surface area (Å²) in [7, 11) is 1.64. The Labute approximate surface area is 150 Å². The van der Waals surface area contributed by atoms with Gasteiger partial charge in [0.15, 0.2) is 0 Å². The summed E-state index contributed by atoms with van der Waals surface area (Å²) in [5.74, 6) is 1.74. The van der Waals surface area contributed by atoms with Gasteiger partial charge < -0.3 is 10.1 Å². The van der Waals surface area contributed by atoms with E-state index >= 15 is 0 Å². The molecule has 0 bridgehead atoms. The summed E-state index contributed by atoms with van der Waals surface area (Å²) in [5.41, 5.74) is 1.97. The highest BCUT2D eigenvalue weighted by Gasteiger charge is 2.32. The fraction of sp³-hybridized carbons (Fsp3) is 0.524. The molecule has 1 fully saturated rings. The molecule has 4 nitrogen and oxygen atoms in total. The molecule has 0 unspecified atom stereocenters. The zero-order chi connectivity index (χ0) is 18.0.